The van der Waals surface area contributed by atoms with Gasteiger partial charge in [-0.1, -0.05) is 39.8 Å². The Morgan fingerprint density at radius 1 is 1.23 bits per heavy atom. The minimum Gasteiger partial charge on any atom is -0.508 e. The molecule has 0 unspecified atom stereocenters. The third-order valence-electron chi connectivity index (χ3n) is 1.01. The largest absolute Gasteiger partial charge is 0.508 e. The van der Waals surface area contributed by atoms with Gasteiger partial charge in [0.2, 0.25) is 0 Å². The standard InChI is InChI=1S/C7H6O2.2C2H6.H2/c8-5-6-2-1-3-7(9)4-6;2*1-2;/h1-5,9H;2*1-2H3;1H. The second kappa shape index (κ2) is 10.7. The monoisotopic (exact) mass is 184 g/mol. The number of rotatable bonds is 1. The maximum Gasteiger partial charge on any atom is 0.150 e. The zero-order chi connectivity index (χ0) is 10.7. The summed E-state index contributed by atoms with van der Waals surface area (Å²) in [5.74, 6) is 0.125. The number of carbonyl (C=O) groups excluding carboxylic acids is 1. The second-order valence-electron chi connectivity index (χ2n) is 1.71. The van der Waals surface area contributed by atoms with Gasteiger partial charge < -0.3 is 5.11 Å². The molecule has 1 rings (SSSR count). The van der Waals surface area contributed by atoms with E-state index in [-0.39, 0.29) is 7.18 Å². The summed E-state index contributed by atoms with van der Waals surface area (Å²) in [6, 6.07) is 6.19. The summed E-state index contributed by atoms with van der Waals surface area (Å²) >= 11 is 0. The number of phenolic OH excluding ortho intramolecular Hbond substituents is 1. The van der Waals surface area contributed by atoms with Crippen molar-refractivity contribution in [1.82, 2.24) is 0 Å². The predicted molar refractivity (Wildman–Crippen MR) is 58.3 cm³/mol. The molecule has 0 amide bonds. The number of carbonyl (C=O) groups is 1. The Kier molecular flexibility index (Phi) is 11.7. The molecule has 0 heterocycles. The quantitative estimate of drug-likeness (QED) is 0.678. The first-order chi connectivity index (χ1) is 6.33. The van der Waals surface area contributed by atoms with Crippen LogP contribution in [0.5, 0.6) is 5.75 Å². The Balaban J connectivity index is -0.000000216. The average molecular weight is 184 g/mol. The smallest absolute Gasteiger partial charge is 0.150 e. The van der Waals surface area contributed by atoms with E-state index in [1.807, 2.05) is 27.7 Å². The van der Waals surface area contributed by atoms with Gasteiger partial charge in [0, 0.05) is 6.99 Å². The van der Waals surface area contributed by atoms with Crippen LogP contribution in [0.2, 0.25) is 0 Å². The summed E-state index contributed by atoms with van der Waals surface area (Å²) in [7, 11) is 0. The minimum atomic E-state index is 0. The van der Waals surface area contributed by atoms with E-state index in [0.717, 1.165) is 0 Å². The highest BCUT2D eigenvalue weighted by molar-refractivity contribution is 5.75. The molecule has 1 aromatic rings. The fraction of sp³-hybridized carbons (Fsp3) is 0.364. The van der Waals surface area contributed by atoms with Gasteiger partial charge in [-0.3, -0.25) is 4.79 Å². The third kappa shape index (κ3) is 7.06. The molecule has 0 aliphatic heterocycles. The lowest BCUT2D eigenvalue weighted by Gasteiger charge is -1.89. The van der Waals surface area contributed by atoms with Gasteiger partial charge in [0.05, 0.1) is 0 Å². The van der Waals surface area contributed by atoms with E-state index in [4.69, 9.17) is 5.11 Å². The predicted octanol–water partition coefficient (Wildman–Crippen LogP) is 3.50. The molecular weight excluding hydrogens is 164 g/mol. The zero-order valence-electron chi connectivity index (χ0n) is 8.74. The van der Waals surface area contributed by atoms with Gasteiger partial charge in [-0.15, -0.1) is 0 Å². The van der Waals surface area contributed by atoms with Crippen LogP contribution in [0.25, 0.3) is 0 Å². The Bertz CT molecular complexity index is 224. The normalized spacial score (nSPS) is 7.08. The van der Waals surface area contributed by atoms with Gasteiger partial charge in [-0.2, -0.15) is 0 Å². The maximum absolute atomic E-state index is 10.0. The summed E-state index contributed by atoms with van der Waals surface area (Å²) in [6.07, 6.45) is 0.694. The lowest BCUT2D eigenvalue weighted by atomic mass is 10.2. The lowest BCUT2D eigenvalue weighted by Crippen LogP contribution is -1.75. The fourth-order valence-corrected chi connectivity index (χ4v) is 0.598. The van der Waals surface area contributed by atoms with Crippen molar-refractivity contribution in [3.63, 3.8) is 0 Å². The molecule has 1 N–H and O–H groups in total. The first-order valence-corrected chi connectivity index (χ1v) is 4.57. The maximum atomic E-state index is 10.0. The third-order valence-corrected chi connectivity index (χ3v) is 1.01. The summed E-state index contributed by atoms with van der Waals surface area (Å²) in [5, 5.41) is 8.79. The van der Waals surface area contributed by atoms with Crippen molar-refractivity contribution >= 4 is 6.29 Å². The summed E-state index contributed by atoms with van der Waals surface area (Å²) in [5.41, 5.74) is 0.495. The first kappa shape index (κ1) is 14.2. The average Bonchev–Trinajstić information content (AvgIpc) is 2.24. The molecule has 0 aromatic heterocycles. The summed E-state index contributed by atoms with van der Waals surface area (Å²) < 4.78 is 0. The van der Waals surface area contributed by atoms with Crippen molar-refractivity contribution in [2.24, 2.45) is 0 Å². The number of benzene rings is 1. The van der Waals surface area contributed by atoms with E-state index < -0.39 is 0 Å². The highest BCUT2D eigenvalue weighted by Crippen LogP contribution is 2.07. The first-order valence-electron chi connectivity index (χ1n) is 4.57. The van der Waals surface area contributed by atoms with Crippen molar-refractivity contribution in [1.29, 1.82) is 0 Å². The summed E-state index contributed by atoms with van der Waals surface area (Å²) in [4.78, 5) is 10.0. The molecule has 13 heavy (non-hydrogen) atoms. The molecule has 2 heteroatoms. The Labute approximate surface area is 81.7 Å². The number of aldehydes is 1. The van der Waals surface area contributed by atoms with E-state index >= 15 is 0 Å². The van der Waals surface area contributed by atoms with Crippen molar-refractivity contribution in [2.45, 2.75) is 27.7 Å². The van der Waals surface area contributed by atoms with Gasteiger partial charge in [0.25, 0.3) is 0 Å². The van der Waals surface area contributed by atoms with E-state index in [1.165, 1.54) is 12.1 Å². The van der Waals surface area contributed by atoms with Crippen molar-refractivity contribution in [2.75, 3.05) is 0 Å². The lowest BCUT2D eigenvalue weighted by molar-refractivity contribution is 0.112. The molecule has 0 spiro atoms. The van der Waals surface area contributed by atoms with Crippen LogP contribution in [0.3, 0.4) is 0 Å². The van der Waals surface area contributed by atoms with Crippen molar-refractivity contribution < 1.29 is 11.3 Å². The van der Waals surface area contributed by atoms with Gasteiger partial charge in [0.1, 0.15) is 12.0 Å². The second-order valence-corrected chi connectivity index (χ2v) is 1.71. The molecule has 0 saturated carbocycles. The fourth-order valence-electron chi connectivity index (χ4n) is 0.598. The van der Waals surface area contributed by atoms with Crippen molar-refractivity contribution in [3.8, 4) is 5.75 Å². The molecule has 0 fully saturated rings. The van der Waals surface area contributed by atoms with Crippen molar-refractivity contribution in [3.05, 3.63) is 29.8 Å². The van der Waals surface area contributed by atoms with E-state index in [2.05, 4.69) is 0 Å². The van der Waals surface area contributed by atoms with Gasteiger partial charge >= 0.3 is 0 Å². The van der Waals surface area contributed by atoms with Crippen LogP contribution in [-0.4, -0.2) is 11.4 Å². The van der Waals surface area contributed by atoms with Gasteiger partial charge in [-0.25, -0.2) is 0 Å². The van der Waals surface area contributed by atoms with Crippen LogP contribution in [0.4, 0.5) is 0 Å². The molecule has 0 bridgehead atoms. The Hall–Kier alpha value is -1.31. The number of hydrogen-bond acceptors (Lipinski definition) is 2. The minimum absolute atomic E-state index is 0. The molecule has 76 valence electrons. The van der Waals surface area contributed by atoms with Crippen LogP contribution < -0.4 is 0 Å². The van der Waals surface area contributed by atoms with Crippen LogP contribution in [0.15, 0.2) is 24.3 Å². The van der Waals surface area contributed by atoms with E-state index in [1.54, 1.807) is 12.1 Å². The molecule has 0 aliphatic carbocycles. The number of aromatic hydroxyl groups is 1. The molecule has 0 atom stereocenters. The van der Waals surface area contributed by atoms with Crippen LogP contribution >= 0.6 is 0 Å². The van der Waals surface area contributed by atoms with Gasteiger partial charge in [-0.05, 0) is 12.1 Å². The highest BCUT2D eigenvalue weighted by atomic mass is 16.3. The Morgan fingerprint density at radius 3 is 2.08 bits per heavy atom. The SMILES string of the molecule is CC.CC.O=Cc1cccc(O)c1.[HH]. The van der Waals surface area contributed by atoms with E-state index in [9.17, 15) is 4.79 Å². The van der Waals surface area contributed by atoms with Crippen LogP contribution in [-0.2, 0) is 0 Å². The van der Waals surface area contributed by atoms with Crippen LogP contribution in [0, 0.1) is 0 Å². The summed E-state index contributed by atoms with van der Waals surface area (Å²) in [6.45, 7) is 8.00. The Morgan fingerprint density at radius 2 is 1.77 bits per heavy atom. The zero-order valence-corrected chi connectivity index (χ0v) is 8.74. The molecular formula is C11H20O2. The highest BCUT2D eigenvalue weighted by Gasteiger charge is 1.88. The molecule has 2 nitrogen and oxygen atoms in total. The van der Waals surface area contributed by atoms with Crippen LogP contribution in [0.1, 0.15) is 39.5 Å². The van der Waals surface area contributed by atoms with E-state index in [0.29, 0.717) is 11.8 Å². The number of phenols is 1. The molecule has 0 radical (unpaired) electrons. The number of hydrogen-bond donors (Lipinski definition) is 1. The molecule has 1 aromatic carbocycles. The topological polar surface area (TPSA) is 37.3 Å². The molecule has 0 aliphatic rings. The van der Waals surface area contributed by atoms with Gasteiger partial charge in [0.15, 0.2) is 0 Å². The molecule has 0 saturated heterocycles.